The van der Waals surface area contributed by atoms with Gasteiger partial charge in [-0.15, -0.1) is 11.8 Å². The molecule has 0 saturated carbocycles. The first kappa shape index (κ1) is 11.3. The first-order valence-corrected chi connectivity index (χ1v) is 6.84. The van der Waals surface area contributed by atoms with Crippen LogP contribution in [0.5, 0.6) is 5.75 Å². The van der Waals surface area contributed by atoms with Crippen LogP contribution in [0.3, 0.4) is 0 Å². The molecule has 0 aliphatic carbocycles. The van der Waals surface area contributed by atoms with Crippen molar-refractivity contribution in [2.24, 2.45) is 0 Å². The molecule has 1 aromatic rings. The maximum absolute atomic E-state index is 5.21. The smallest absolute Gasteiger partial charge is 0.133 e. The minimum Gasteiger partial charge on any atom is -0.496 e. The van der Waals surface area contributed by atoms with Gasteiger partial charge in [0.2, 0.25) is 0 Å². The van der Waals surface area contributed by atoms with Gasteiger partial charge >= 0.3 is 0 Å². The van der Waals surface area contributed by atoms with E-state index < -0.39 is 0 Å². The molecule has 0 aromatic heterocycles. The van der Waals surface area contributed by atoms with E-state index in [1.54, 1.807) is 7.11 Å². The Morgan fingerprint density at radius 2 is 2.40 bits per heavy atom. The molecule has 1 N–H and O–H groups in total. The number of rotatable bonds is 2. The largest absolute Gasteiger partial charge is 0.496 e. The van der Waals surface area contributed by atoms with Gasteiger partial charge in [0.05, 0.1) is 17.0 Å². The lowest BCUT2D eigenvalue weighted by molar-refractivity contribution is 0.412. The van der Waals surface area contributed by atoms with Crippen molar-refractivity contribution in [1.82, 2.24) is 5.32 Å². The zero-order chi connectivity index (χ0) is 10.7. The van der Waals surface area contributed by atoms with Gasteiger partial charge in [-0.1, -0.05) is 6.07 Å². The van der Waals surface area contributed by atoms with Gasteiger partial charge in [-0.25, -0.2) is 0 Å². The molecular formula is C11H14BrNOS. The minimum absolute atomic E-state index is 0.431. The highest BCUT2D eigenvalue weighted by molar-refractivity contribution is 9.10. The Balaban J connectivity index is 2.17. The Kier molecular flexibility index (Phi) is 3.94. The monoisotopic (exact) mass is 287 g/mol. The van der Waals surface area contributed by atoms with Crippen molar-refractivity contribution >= 4 is 27.7 Å². The molecule has 1 unspecified atom stereocenters. The lowest BCUT2D eigenvalue weighted by Crippen LogP contribution is -2.25. The highest BCUT2D eigenvalue weighted by atomic mass is 79.9. The maximum atomic E-state index is 5.21. The number of ether oxygens (including phenoxy) is 1. The first-order chi connectivity index (χ1) is 7.31. The number of benzene rings is 1. The van der Waals surface area contributed by atoms with E-state index in [0.717, 1.165) is 16.8 Å². The van der Waals surface area contributed by atoms with Gasteiger partial charge in [0.15, 0.2) is 0 Å². The van der Waals surface area contributed by atoms with Gasteiger partial charge in [0.25, 0.3) is 0 Å². The van der Waals surface area contributed by atoms with E-state index >= 15 is 0 Å². The van der Waals surface area contributed by atoms with Crippen LogP contribution in [0.4, 0.5) is 0 Å². The van der Waals surface area contributed by atoms with Crippen LogP contribution >= 0.6 is 27.7 Å². The summed E-state index contributed by atoms with van der Waals surface area (Å²) in [6, 6.07) is 6.27. The van der Waals surface area contributed by atoms with Crippen LogP contribution in [-0.2, 0) is 0 Å². The van der Waals surface area contributed by atoms with Crippen LogP contribution in [0, 0.1) is 0 Å². The number of hydrogen-bond donors (Lipinski definition) is 1. The van der Waals surface area contributed by atoms with E-state index in [2.05, 4.69) is 33.4 Å². The summed E-state index contributed by atoms with van der Waals surface area (Å²) in [5.74, 6) is 2.13. The molecule has 1 aromatic carbocycles. The van der Waals surface area contributed by atoms with Crippen LogP contribution in [0.1, 0.15) is 17.4 Å². The summed E-state index contributed by atoms with van der Waals surface area (Å²) in [6.45, 7) is 1.11. The predicted octanol–water partition coefficient (Wildman–Crippen LogP) is 3.18. The average Bonchev–Trinajstić information content (AvgIpc) is 2.30. The van der Waals surface area contributed by atoms with Crippen LogP contribution in [0.2, 0.25) is 0 Å². The molecule has 82 valence electrons. The summed E-state index contributed by atoms with van der Waals surface area (Å²) < 4.78 is 6.24. The Hall–Kier alpha value is -0.190. The summed E-state index contributed by atoms with van der Waals surface area (Å²) in [7, 11) is 1.69. The molecule has 15 heavy (non-hydrogen) atoms. The quantitative estimate of drug-likeness (QED) is 0.903. The third-order valence-electron chi connectivity index (χ3n) is 2.41. The average molecular weight is 288 g/mol. The number of nitrogens with one attached hydrogen (secondary N) is 1. The molecule has 0 amide bonds. The molecule has 4 heteroatoms. The molecule has 1 fully saturated rings. The lowest BCUT2D eigenvalue weighted by Gasteiger charge is -2.23. The Labute approximate surface area is 103 Å². The summed E-state index contributed by atoms with van der Waals surface area (Å²) in [5.41, 5.74) is 1.31. The number of thioether (sulfide) groups is 1. The third-order valence-corrected chi connectivity index (χ3v) is 4.33. The Bertz CT molecular complexity index is 339. The van der Waals surface area contributed by atoms with Gasteiger partial charge in [0, 0.05) is 0 Å². The second-order valence-corrected chi connectivity index (χ2v) is 5.52. The summed E-state index contributed by atoms with van der Waals surface area (Å²) >= 11 is 5.48. The second kappa shape index (κ2) is 5.23. The van der Waals surface area contributed by atoms with Crippen molar-refractivity contribution in [3.05, 3.63) is 28.2 Å². The molecule has 1 aliphatic heterocycles. The molecule has 1 heterocycles. The van der Waals surface area contributed by atoms with E-state index in [0.29, 0.717) is 5.37 Å². The van der Waals surface area contributed by atoms with Crippen LogP contribution in [0.15, 0.2) is 22.7 Å². The van der Waals surface area contributed by atoms with Crippen molar-refractivity contribution in [3.8, 4) is 5.75 Å². The zero-order valence-corrected chi connectivity index (χ0v) is 11.0. The molecule has 1 aliphatic rings. The van der Waals surface area contributed by atoms with Crippen molar-refractivity contribution < 1.29 is 4.74 Å². The Morgan fingerprint density at radius 3 is 3.00 bits per heavy atom. The molecule has 0 bridgehead atoms. The summed E-state index contributed by atoms with van der Waals surface area (Å²) in [6.07, 6.45) is 1.26. The van der Waals surface area contributed by atoms with Crippen LogP contribution in [0.25, 0.3) is 0 Å². The lowest BCUT2D eigenvalue weighted by atomic mass is 10.2. The van der Waals surface area contributed by atoms with Crippen molar-refractivity contribution in [1.29, 1.82) is 0 Å². The van der Waals surface area contributed by atoms with E-state index in [-0.39, 0.29) is 0 Å². The predicted molar refractivity (Wildman–Crippen MR) is 68.5 cm³/mol. The highest BCUT2D eigenvalue weighted by Gasteiger charge is 2.15. The number of hydrogen-bond acceptors (Lipinski definition) is 3. The fourth-order valence-corrected chi connectivity index (χ4v) is 3.31. The summed E-state index contributed by atoms with van der Waals surface area (Å²) in [4.78, 5) is 0. The molecule has 0 radical (unpaired) electrons. The zero-order valence-electron chi connectivity index (χ0n) is 8.63. The third kappa shape index (κ3) is 2.68. The standard InChI is InChI=1S/C11H14BrNOS/c1-14-10-4-3-8(7-9(10)12)11-13-5-2-6-15-11/h3-4,7,11,13H,2,5-6H2,1H3. The number of halogens is 1. The molecule has 1 atom stereocenters. The molecule has 1 saturated heterocycles. The minimum atomic E-state index is 0.431. The summed E-state index contributed by atoms with van der Waals surface area (Å²) in [5, 5.41) is 3.93. The van der Waals surface area contributed by atoms with Crippen molar-refractivity contribution in [2.45, 2.75) is 11.8 Å². The molecule has 2 nitrogen and oxygen atoms in total. The first-order valence-electron chi connectivity index (χ1n) is 4.99. The van der Waals surface area contributed by atoms with Gasteiger partial charge < -0.3 is 10.1 Å². The van der Waals surface area contributed by atoms with Gasteiger partial charge in [-0.2, -0.15) is 0 Å². The van der Waals surface area contributed by atoms with Gasteiger partial charge in [0.1, 0.15) is 5.75 Å². The highest BCUT2D eigenvalue weighted by Crippen LogP contribution is 2.34. The topological polar surface area (TPSA) is 21.3 Å². The van der Waals surface area contributed by atoms with E-state index in [4.69, 9.17) is 4.74 Å². The van der Waals surface area contributed by atoms with Crippen molar-refractivity contribution in [2.75, 3.05) is 19.4 Å². The fourth-order valence-electron chi connectivity index (χ4n) is 1.63. The van der Waals surface area contributed by atoms with Crippen molar-refractivity contribution in [3.63, 3.8) is 0 Å². The normalized spacial score (nSPS) is 21.3. The molecule has 2 rings (SSSR count). The van der Waals surface area contributed by atoms with Gasteiger partial charge in [-0.3, -0.25) is 0 Å². The van der Waals surface area contributed by atoms with Crippen LogP contribution in [-0.4, -0.2) is 19.4 Å². The molecule has 0 spiro atoms. The van der Waals surface area contributed by atoms with E-state index in [9.17, 15) is 0 Å². The second-order valence-electron chi connectivity index (χ2n) is 3.45. The van der Waals surface area contributed by atoms with Crippen LogP contribution < -0.4 is 10.1 Å². The molecular weight excluding hydrogens is 274 g/mol. The number of methoxy groups -OCH3 is 1. The van der Waals surface area contributed by atoms with E-state index in [1.165, 1.54) is 17.7 Å². The Morgan fingerprint density at radius 1 is 1.53 bits per heavy atom. The SMILES string of the molecule is COc1ccc(C2NCCCS2)cc1Br. The fraction of sp³-hybridized carbons (Fsp3) is 0.455. The van der Waals surface area contributed by atoms with E-state index in [1.807, 2.05) is 17.8 Å². The van der Waals surface area contributed by atoms with Gasteiger partial charge in [-0.05, 0) is 52.3 Å². The maximum Gasteiger partial charge on any atom is 0.133 e.